The van der Waals surface area contributed by atoms with Gasteiger partial charge in [0.15, 0.2) is 4.80 Å². The zero-order valence-electron chi connectivity index (χ0n) is 18.5. The van der Waals surface area contributed by atoms with Gasteiger partial charge in [0.2, 0.25) is 0 Å². The van der Waals surface area contributed by atoms with Crippen LogP contribution in [0.2, 0.25) is 0 Å². The Morgan fingerprint density at radius 3 is 2.68 bits per heavy atom. The van der Waals surface area contributed by atoms with Crippen LogP contribution in [0, 0.1) is 0 Å². The van der Waals surface area contributed by atoms with E-state index in [-0.39, 0.29) is 11.5 Å². The van der Waals surface area contributed by atoms with E-state index in [0.29, 0.717) is 32.0 Å². The summed E-state index contributed by atoms with van der Waals surface area (Å²) in [5.41, 5.74) is 2.27. The number of hydrogen-bond acceptors (Lipinski definition) is 6. The highest BCUT2D eigenvalue weighted by atomic mass is 32.1. The summed E-state index contributed by atoms with van der Waals surface area (Å²) >= 11 is 2.89. The number of thiophene rings is 1. The molecule has 0 spiro atoms. The number of fused-ring (bicyclic) bond motifs is 1. The van der Waals surface area contributed by atoms with Gasteiger partial charge in [-0.1, -0.05) is 47.7 Å². The largest absolute Gasteiger partial charge is 0.497 e. The molecule has 8 heteroatoms. The number of aromatic nitrogens is 1. The van der Waals surface area contributed by atoms with Crippen molar-refractivity contribution in [1.82, 2.24) is 4.57 Å². The van der Waals surface area contributed by atoms with Gasteiger partial charge in [0.1, 0.15) is 5.75 Å². The van der Waals surface area contributed by atoms with E-state index in [9.17, 15) is 9.59 Å². The molecule has 1 amide bonds. The maximum atomic E-state index is 13.6. The summed E-state index contributed by atoms with van der Waals surface area (Å²) in [4.78, 5) is 33.4. The highest BCUT2D eigenvalue weighted by Crippen LogP contribution is 2.32. The Kier molecular flexibility index (Phi) is 6.00. The van der Waals surface area contributed by atoms with Crippen LogP contribution in [-0.4, -0.2) is 17.6 Å². The summed E-state index contributed by atoms with van der Waals surface area (Å²) < 4.78 is 7.62. The van der Waals surface area contributed by atoms with E-state index in [2.05, 4.69) is 10.3 Å². The lowest BCUT2D eigenvalue weighted by molar-refractivity contribution is -0.113. The Morgan fingerprint density at radius 1 is 1.12 bits per heavy atom. The molecule has 0 aliphatic carbocycles. The molecule has 0 saturated heterocycles. The molecule has 3 heterocycles. The molecule has 0 saturated carbocycles. The zero-order valence-corrected chi connectivity index (χ0v) is 20.2. The van der Waals surface area contributed by atoms with Crippen LogP contribution in [0.1, 0.15) is 23.4 Å². The van der Waals surface area contributed by atoms with Crippen molar-refractivity contribution in [2.24, 2.45) is 4.99 Å². The smallest absolute Gasteiger partial charge is 0.271 e. The number of nitrogens with one attached hydrogen (secondary N) is 1. The van der Waals surface area contributed by atoms with E-state index in [4.69, 9.17) is 4.74 Å². The Bertz CT molecular complexity index is 1570. The van der Waals surface area contributed by atoms with Crippen molar-refractivity contribution in [3.8, 4) is 5.75 Å². The molecule has 1 N–H and O–H groups in total. The number of methoxy groups -OCH3 is 1. The average Bonchev–Trinajstić information content (AvgIpc) is 3.47. The fourth-order valence-electron chi connectivity index (χ4n) is 3.96. The molecule has 1 aliphatic rings. The van der Waals surface area contributed by atoms with E-state index >= 15 is 0 Å². The second-order valence-corrected chi connectivity index (χ2v) is 9.68. The molecule has 6 nitrogen and oxygen atoms in total. The number of hydrogen-bond donors (Lipinski definition) is 1. The summed E-state index contributed by atoms with van der Waals surface area (Å²) in [6.07, 6.45) is 1.88. The summed E-state index contributed by atoms with van der Waals surface area (Å²) in [6.45, 7) is 1.81. The van der Waals surface area contributed by atoms with Gasteiger partial charge >= 0.3 is 0 Å². The van der Waals surface area contributed by atoms with Crippen molar-refractivity contribution in [2.45, 2.75) is 13.0 Å². The van der Waals surface area contributed by atoms with E-state index in [1.54, 1.807) is 23.0 Å². The Balaban J connectivity index is 1.70. The summed E-state index contributed by atoms with van der Waals surface area (Å²) in [7, 11) is 1.59. The van der Waals surface area contributed by atoms with Crippen LogP contribution in [0.5, 0.6) is 5.75 Å². The third-order valence-electron chi connectivity index (χ3n) is 5.52. The fourth-order valence-corrected chi connectivity index (χ4v) is 5.73. The van der Waals surface area contributed by atoms with Crippen molar-refractivity contribution in [3.05, 3.63) is 114 Å². The van der Waals surface area contributed by atoms with Gasteiger partial charge in [0.25, 0.3) is 11.5 Å². The SMILES string of the molecule is COc1cccc([C@@H]2C(C(=O)Nc3ccccc3)=C(C)N=c3sc(=Cc4cccs4)c(=O)n32)c1. The van der Waals surface area contributed by atoms with Crippen molar-refractivity contribution < 1.29 is 9.53 Å². The molecule has 1 aliphatic heterocycles. The topological polar surface area (TPSA) is 72.7 Å². The molecule has 1 atom stereocenters. The standard InChI is InChI=1S/C26H21N3O3S2/c1-16-22(24(30)28-18-9-4-3-5-10-18)23(17-8-6-11-19(14-17)32-2)29-25(31)21(34-26(29)27-16)15-20-12-7-13-33-20/h3-15,23H,1-2H3,(H,28,30)/t23-/m1/s1. The van der Waals surface area contributed by atoms with Crippen molar-refractivity contribution >= 4 is 40.3 Å². The van der Waals surface area contributed by atoms with Crippen molar-refractivity contribution in [1.29, 1.82) is 0 Å². The zero-order chi connectivity index (χ0) is 23.7. The number of anilines is 1. The molecule has 170 valence electrons. The van der Waals surface area contributed by atoms with Crippen LogP contribution in [-0.2, 0) is 4.79 Å². The molecule has 2 aromatic heterocycles. The molecular formula is C26H21N3O3S2. The van der Waals surface area contributed by atoms with Crippen LogP contribution in [0.25, 0.3) is 6.08 Å². The number of nitrogens with zero attached hydrogens (tertiary/aromatic N) is 2. The number of benzene rings is 2. The van der Waals surface area contributed by atoms with E-state index < -0.39 is 6.04 Å². The maximum absolute atomic E-state index is 13.6. The number of carbonyl (C=O) groups is 1. The predicted molar refractivity (Wildman–Crippen MR) is 136 cm³/mol. The van der Waals surface area contributed by atoms with E-state index in [1.807, 2.05) is 85.1 Å². The van der Waals surface area contributed by atoms with Crippen LogP contribution >= 0.6 is 22.7 Å². The third-order valence-corrected chi connectivity index (χ3v) is 7.33. The van der Waals surface area contributed by atoms with Crippen LogP contribution in [0.4, 0.5) is 5.69 Å². The number of allylic oxidation sites excluding steroid dienone is 1. The van der Waals surface area contributed by atoms with Gasteiger partial charge in [0, 0.05) is 10.6 Å². The lowest BCUT2D eigenvalue weighted by Crippen LogP contribution is -2.40. The average molecular weight is 488 g/mol. The maximum Gasteiger partial charge on any atom is 0.271 e. The predicted octanol–water partition coefficient (Wildman–Crippen LogP) is 3.94. The van der Waals surface area contributed by atoms with Gasteiger partial charge in [-0.15, -0.1) is 11.3 Å². The number of rotatable bonds is 5. The Labute approximate surface area is 203 Å². The second kappa shape index (κ2) is 9.24. The second-order valence-electron chi connectivity index (χ2n) is 7.69. The molecule has 0 unspecified atom stereocenters. The quantitative estimate of drug-likeness (QED) is 0.463. The summed E-state index contributed by atoms with van der Waals surface area (Å²) in [5.74, 6) is 0.350. The normalized spacial score (nSPS) is 15.6. The molecular weight excluding hydrogens is 466 g/mol. The highest BCUT2D eigenvalue weighted by molar-refractivity contribution is 7.11. The number of ether oxygens (including phenoxy) is 1. The Morgan fingerprint density at radius 2 is 1.94 bits per heavy atom. The van der Waals surface area contributed by atoms with Crippen molar-refractivity contribution in [3.63, 3.8) is 0 Å². The van der Waals surface area contributed by atoms with Crippen LogP contribution in [0.15, 0.2) is 93.2 Å². The minimum atomic E-state index is -0.638. The lowest BCUT2D eigenvalue weighted by atomic mass is 9.95. The first kappa shape index (κ1) is 22.1. The molecule has 4 aromatic rings. The van der Waals surface area contributed by atoms with Gasteiger partial charge < -0.3 is 10.1 Å². The van der Waals surface area contributed by atoms with Gasteiger partial charge in [-0.3, -0.25) is 14.2 Å². The van der Waals surface area contributed by atoms with Crippen LogP contribution < -0.4 is 24.9 Å². The van der Waals surface area contributed by atoms with E-state index in [1.165, 1.54) is 11.3 Å². The van der Waals surface area contributed by atoms with Crippen LogP contribution in [0.3, 0.4) is 0 Å². The number of amides is 1. The van der Waals surface area contributed by atoms with Gasteiger partial charge in [-0.25, -0.2) is 4.99 Å². The number of para-hydroxylation sites is 1. The minimum Gasteiger partial charge on any atom is -0.497 e. The molecule has 0 radical (unpaired) electrons. The van der Waals surface area contributed by atoms with Crippen molar-refractivity contribution in [2.75, 3.05) is 12.4 Å². The van der Waals surface area contributed by atoms with E-state index in [0.717, 1.165) is 10.4 Å². The minimum absolute atomic E-state index is 0.178. The first-order chi connectivity index (χ1) is 16.5. The molecule has 0 bridgehead atoms. The number of carbonyl (C=O) groups excluding carboxylic acids is 1. The molecule has 5 rings (SSSR count). The van der Waals surface area contributed by atoms with Gasteiger partial charge in [0.05, 0.1) is 29.0 Å². The lowest BCUT2D eigenvalue weighted by Gasteiger charge is -2.25. The highest BCUT2D eigenvalue weighted by Gasteiger charge is 2.32. The first-order valence-corrected chi connectivity index (χ1v) is 12.3. The summed E-state index contributed by atoms with van der Waals surface area (Å²) in [6, 6.07) is 20.0. The fraction of sp³-hybridized carbons (Fsp3) is 0.115. The first-order valence-electron chi connectivity index (χ1n) is 10.6. The van der Waals surface area contributed by atoms with Gasteiger partial charge in [-0.05, 0) is 54.3 Å². The number of thiazole rings is 1. The monoisotopic (exact) mass is 487 g/mol. The third kappa shape index (κ3) is 4.13. The van der Waals surface area contributed by atoms with Gasteiger partial charge in [-0.2, -0.15) is 0 Å². The molecule has 0 fully saturated rings. The molecule has 2 aromatic carbocycles. The summed E-state index contributed by atoms with van der Waals surface area (Å²) in [5, 5.41) is 4.93. The Hall–Kier alpha value is -3.75. The molecule has 34 heavy (non-hydrogen) atoms.